The lowest BCUT2D eigenvalue weighted by molar-refractivity contribution is -0.138. The number of benzene rings is 1. The van der Waals surface area contributed by atoms with E-state index in [2.05, 4.69) is 10.3 Å². The lowest BCUT2D eigenvalue weighted by Crippen LogP contribution is -2.45. The van der Waals surface area contributed by atoms with Crippen LogP contribution in [-0.4, -0.2) is 38.9 Å². The largest absolute Gasteiger partial charge is 0.350 e. The lowest BCUT2D eigenvalue weighted by Gasteiger charge is -2.24. The highest BCUT2D eigenvalue weighted by Crippen LogP contribution is 2.19. The van der Waals surface area contributed by atoms with Gasteiger partial charge < -0.3 is 14.8 Å². The van der Waals surface area contributed by atoms with E-state index in [9.17, 15) is 14.0 Å². The Bertz CT molecular complexity index is 776. The Morgan fingerprint density at radius 2 is 2.23 bits per heavy atom. The third kappa shape index (κ3) is 3.92. The van der Waals surface area contributed by atoms with Crippen molar-refractivity contribution in [3.63, 3.8) is 0 Å². The zero-order valence-corrected chi connectivity index (χ0v) is 14.8. The average Bonchev–Trinajstić information content (AvgIpc) is 3.31. The average molecular weight is 358 g/mol. The van der Waals surface area contributed by atoms with Crippen LogP contribution in [0.25, 0.3) is 5.69 Å². The van der Waals surface area contributed by atoms with Crippen LogP contribution in [0.2, 0.25) is 0 Å². The molecule has 2 amide bonds. The number of halogens is 1. The fraction of sp³-hybridized carbons (Fsp3) is 0.421. The van der Waals surface area contributed by atoms with Crippen molar-refractivity contribution in [2.45, 2.75) is 45.2 Å². The van der Waals surface area contributed by atoms with Crippen LogP contribution in [0.1, 0.15) is 38.2 Å². The van der Waals surface area contributed by atoms with E-state index in [0.717, 1.165) is 12.8 Å². The van der Waals surface area contributed by atoms with E-state index in [1.165, 1.54) is 12.4 Å². The summed E-state index contributed by atoms with van der Waals surface area (Å²) < 4.78 is 15.9. The quantitative estimate of drug-likeness (QED) is 0.862. The summed E-state index contributed by atoms with van der Waals surface area (Å²) in [7, 11) is 0. The molecule has 0 aliphatic carbocycles. The van der Waals surface area contributed by atoms with Gasteiger partial charge in [0.1, 0.15) is 11.9 Å². The number of likely N-dealkylation sites (tertiary alicyclic amines) is 1. The highest BCUT2D eigenvalue weighted by atomic mass is 19.1. The van der Waals surface area contributed by atoms with Crippen LogP contribution >= 0.6 is 0 Å². The van der Waals surface area contributed by atoms with Gasteiger partial charge in [-0.2, -0.15) is 0 Å². The molecular weight excluding hydrogens is 335 g/mol. The third-order valence-electron chi connectivity index (χ3n) is 4.60. The maximum absolute atomic E-state index is 14.3. The van der Waals surface area contributed by atoms with Gasteiger partial charge in [0.25, 0.3) is 0 Å². The molecule has 1 fully saturated rings. The number of hydrogen-bond donors (Lipinski definition) is 1. The molecule has 1 unspecified atom stereocenters. The molecule has 2 aromatic rings. The second kappa shape index (κ2) is 8.12. The van der Waals surface area contributed by atoms with E-state index < -0.39 is 6.04 Å². The van der Waals surface area contributed by atoms with Gasteiger partial charge in [-0.1, -0.05) is 13.0 Å². The summed E-state index contributed by atoms with van der Waals surface area (Å²) >= 11 is 0. The number of rotatable bonds is 6. The zero-order valence-electron chi connectivity index (χ0n) is 14.8. The van der Waals surface area contributed by atoms with Gasteiger partial charge >= 0.3 is 0 Å². The smallest absolute Gasteiger partial charge is 0.243 e. The van der Waals surface area contributed by atoms with E-state index in [1.54, 1.807) is 34.0 Å². The molecule has 26 heavy (non-hydrogen) atoms. The number of carbonyl (C=O) groups excluding carboxylic acids is 2. The first-order valence-electron chi connectivity index (χ1n) is 8.94. The monoisotopic (exact) mass is 358 g/mol. The normalized spacial score (nSPS) is 16.7. The Hall–Kier alpha value is -2.70. The molecular formula is C19H23FN4O2. The van der Waals surface area contributed by atoms with E-state index in [0.29, 0.717) is 30.6 Å². The molecule has 1 N–H and O–H groups in total. The minimum atomic E-state index is -0.413. The summed E-state index contributed by atoms with van der Waals surface area (Å²) in [5, 5.41) is 2.83. The number of imidazole rings is 1. The van der Waals surface area contributed by atoms with Gasteiger partial charge in [-0.3, -0.25) is 9.59 Å². The molecule has 6 nitrogen and oxygen atoms in total. The van der Waals surface area contributed by atoms with Gasteiger partial charge in [0, 0.05) is 31.9 Å². The molecule has 1 atom stereocenters. The Balaban J connectivity index is 1.61. The number of aromatic nitrogens is 2. The van der Waals surface area contributed by atoms with Crippen molar-refractivity contribution in [3.05, 3.63) is 48.3 Å². The lowest BCUT2D eigenvalue weighted by atomic mass is 10.1. The Kier molecular flexibility index (Phi) is 5.65. The standard InChI is InChI=1S/C19H23FN4O2/c1-2-4-18(25)24-9-3-5-17(24)19(26)22-12-14-6-7-16(15(20)11-14)23-10-8-21-13-23/h6-8,10-11,13,17H,2-5,9,12H2,1H3,(H,22,26). The molecule has 1 aliphatic heterocycles. The van der Waals surface area contributed by atoms with Crippen LogP contribution in [0.5, 0.6) is 0 Å². The SMILES string of the molecule is CCCC(=O)N1CCCC1C(=O)NCc1ccc(-n2ccnc2)c(F)c1. The van der Waals surface area contributed by atoms with Crippen LogP contribution in [0.15, 0.2) is 36.9 Å². The minimum absolute atomic E-state index is 0.0286. The van der Waals surface area contributed by atoms with Crippen molar-refractivity contribution in [1.82, 2.24) is 19.8 Å². The molecule has 2 heterocycles. The Labute approximate surface area is 152 Å². The highest BCUT2D eigenvalue weighted by molar-refractivity contribution is 5.88. The Morgan fingerprint density at radius 3 is 2.92 bits per heavy atom. The first-order valence-corrected chi connectivity index (χ1v) is 8.94. The summed E-state index contributed by atoms with van der Waals surface area (Å²) in [5.74, 6) is -0.526. The van der Waals surface area contributed by atoms with Crippen molar-refractivity contribution in [3.8, 4) is 5.69 Å². The van der Waals surface area contributed by atoms with Crippen LogP contribution in [-0.2, 0) is 16.1 Å². The van der Waals surface area contributed by atoms with Crippen molar-refractivity contribution in [2.75, 3.05) is 6.54 Å². The van der Waals surface area contributed by atoms with E-state index in [-0.39, 0.29) is 24.2 Å². The van der Waals surface area contributed by atoms with Crippen LogP contribution in [0.4, 0.5) is 4.39 Å². The molecule has 1 aliphatic rings. The van der Waals surface area contributed by atoms with Gasteiger partial charge in [-0.15, -0.1) is 0 Å². The number of nitrogens with zero attached hydrogens (tertiary/aromatic N) is 3. The van der Waals surface area contributed by atoms with Crippen LogP contribution in [0.3, 0.4) is 0 Å². The second-order valence-corrected chi connectivity index (χ2v) is 6.47. The molecule has 0 radical (unpaired) electrons. The summed E-state index contributed by atoms with van der Waals surface area (Å²) in [4.78, 5) is 30.2. The molecule has 3 rings (SSSR count). The maximum Gasteiger partial charge on any atom is 0.243 e. The number of nitrogens with one attached hydrogen (secondary N) is 1. The second-order valence-electron chi connectivity index (χ2n) is 6.47. The number of hydrogen-bond acceptors (Lipinski definition) is 3. The molecule has 0 saturated carbocycles. The van der Waals surface area contributed by atoms with E-state index in [1.807, 2.05) is 6.92 Å². The first-order chi connectivity index (χ1) is 12.6. The maximum atomic E-state index is 14.3. The van der Waals surface area contributed by atoms with E-state index in [4.69, 9.17) is 0 Å². The number of amides is 2. The summed E-state index contributed by atoms with van der Waals surface area (Å²) in [6.07, 6.45) is 7.53. The van der Waals surface area contributed by atoms with Crippen LogP contribution in [0, 0.1) is 5.82 Å². The Morgan fingerprint density at radius 1 is 1.38 bits per heavy atom. The molecule has 0 spiro atoms. The molecule has 1 aromatic heterocycles. The van der Waals surface area contributed by atoms with Gasteiger partial charge in [0.2, 0.25) is 11.8 Å². The van der Waals surface area contributed by atoms with Gasteiger partial charge in [-0.25, -0.2) is 9.37 Å². The zero-order chi connectivity index (χ0) is 18.5. The fourth-order valence-electron chi connectivity index (χ4n) is 3.27. The first kappa shape index (κ1) is 18.1. The highest BCUT2D eigenvalue weighted by Gasteiger charge is 2.33. The predicted molar refractivity (Wildman–Crippen MR) is 95.0 cm³/mol. The minimum Gasteiger partial charge on any atom is -0.350 e. The van der Waals surface area contributed by atoms with Crippen molar-refractivity contribution >= 4 is 11.8 Å². The summed E-state index contributed by atoms with van der Waals surface area (Å²) in [5.41, 5.74) is 1.08. The van der Waals surface area contributed by atoms with Gasteiger partial charge in [0.05, 0.1) is 12.0 Å². The molecule has 0 bridgehead atoms. The van der Waals surface area contributed by atoms with Crippen molar-refractivity contribution < 1.29 is 14.0 Å². The molecule has 138 valence electrons. The van der Waals surface area contributed by atoms with Gasteiger partial charge in [-0.05, 0) is 37.0 Å². The van der Waals surface area contributed by atoms with Crippen molar-refractivity contribution in [2.24, 2.45) is 0 Å². The molecule has 7 heteroatoms. The predicted octanol–water partition coefficient (Wildman–Crippen LogP) is 2.42. The van der Waals surface area contributed by atoms with E-state index >= 15 is 0 Å². The van der Waals surface area contributed by atoms with Crippen molar-refractivity contribution in [1.29, 1.82) is 0 Å². The summed E-state index contributed by atoms with van der Waals surface area (Å²) in [6.45, 7) is 2.81. The number of carbonyl (C=O) groups is 2. The molecule has 1 saturated heterocycles. The fourth-order valence-corrected chi connectivity index (χ4v) is 3.27. The van der Waals surface area contributed by atoms with Crippen LogP contribution < -0.4 is 5.32 Å². The van der Waals surface area contributed by atoms with Gasteiger partial charge in [0.15, 0.2) is 0 Å². The molecule has 1 aromatic carbocycles. The third-order valence-corrected chi connectivity index (χ3v) is 4.60. The summed E-state index contributed by atoms with van der Waals surface area (Å²) in [6, 6.07) is 4.42. The topological polar surface area (TPSA) is 67.2 Å².